The average molecular weight is 240 g/mol. The molecule has 0 heterocycles. The van der Waals surface area contributed by atoms with Crippen molar-refractivity contribution in [3.05, 3.63) is 36.5 Å². The van der Waals surface area contributed by atoms with E-state index in [0.29, 0.717) is 23.3 Å². The lowest BCUT2D eigenvalue weighted by Gasteiger charge is -1.96. The molecule has 0 spiro atoms. The van der Waals surface area contributed by atoms with Crippen molar-refractivity contribution in [3.63, 3.8) is 0 Å². The molecule has 0 saturated carbocycles. The molecule has 0 aliphatic carbocycles. The monoisotopic (exact) mass is 240 g/mol. The van der Waals surface area contributed by atoms with Crippen LogP contribution in [0.1, 0.15) is 0 Å². The number of hydrogen-bond acceptors (Lipinski definition) is 6. The van der Waals surface area contributed by atoms with Gasteiger partial charge in [0, 0.05) is 0 Å². The van der Waals surface area contributed by atoms with Crippen molar-refractivity contribution in [1.82, 2.24) is 0 Å². The third-order valence-electron chi connectivity index (χ3n) is 0.843. The fraction of sp³-hybridized carbons (Fsp3) is 0. The van der Waals surface area contributed by atoms with Gasteiger partial charge in [-0.2, -0.15) is 16.8 Å². The summed E-state index contributed by atoms with van der Waals surface area (Å²) in [4.78, 5) is 0. The van der Waals surface area contributed by atoms with Gasteiger partial charge in [-0.05, 0) is 0 Å². The lowest BCUT2D eigenvalue weighted by Crippen LogP contribution is -1.97. The van der Waals surface area contributed by atoms with Gasteiger partial charge in [0.15, 0.2) is 0 Å². The molecule has 0 aliphatic rings. The van der Waals surface area contributed by atoms with E-state index in [0.717, 1.165) is 0 Å². The Morgan fingerprint density at radius 1 is 0.786 bits per heavy atom. The van der Waals surface area contributed by atoms with Gasteiger partial charge in [0.25, 0.3) is 0 Å². The molecule has 0 aliphatic heterocycles. The topological polar surface area (TPSA) is 86.7 Å². The second-order valence-electron chi connectivity index (χ2n) is 1.78. The summed E-state index contributed by atoms with van der Waals surface area (Å²) in [7, 11) is -7.74. The minimum Gasteiger partial charge on any atom is -0.384 e. The maximum absolute atomic E-state index is 10.6. The van der Waals surface area contributed by atoms with E-state index in [4.69, 9.17) is 0 Å². The summed E-state index contributed by atoms with van der Waals surface area (Å²) in [5.74, 6) is 0. The van der Waals surface area contributed by atoms with Crippen LogP contribution < -0.4 is 0 Å². The predicted molar refractivity (Wildman–Crippen MR) is 49.5 cm³/mol. The smallest absolute Gasteiger partial charge is 0.331 e. The second kappa shape index (κ2) is 4.82. The van der Waals surface area contributed by atoms with Gasteiger partial charge in [0.05, 0.1) is 10.8 Å². The molecule has 0 atom stereocenters. The zero-order chi connectivity index (χ0) is 11.2. The summed E-state index contributed by atoms with van der Waals surface area (Å²) >= 11 is 0. The summed E-state index contributed by atoms with van der Waals surface area (Å²) in [6, 6.07) is 0. The Bertz CT molecular complexity index is 385. The fourth-order valence-electron chi connectivity index (χ4n) is 0.279. The van der Waals surface area contributed by atoms with E-state index in [2.05, 4.69) is 21.5 Å². The Morgan fingerprint density at radius 3 is 1.29 bits per heavy atom. The quantitative estimate of drug-likeness (QED) is 0.494. The third-order valence-corrected chi connectivity index (χ3v) is 2.42. The molecular weight excluding hydrogens is 232 g/mol. The van der Waals surface area contributed by atoms with Crippen molar-refractivity contribution in [3.8, 4) is 0 Å². The summed E-state index contributed by atoms with van der Waals surface area (Å²) in [5, 5.41) is 1.11. The highest BCUT2D eigenvalue weighted by Gasteiger charge is 2.02. The first-order valence-corrected chi connectivity index (χ1v) is 6.04. The van der Waals surface area contributed by atoms with E-state index >= 15 is 0 Å². The Hall–Kier alpha value is -1.28. The van der Waals surface area contributed by atoms with Crippen molar-refractivity contribution in [2.24, 2.45) is 0 Å². The van der Waals surface area contributed by atoms with E-state index in [1.54, 1.807) is 0 Å². The van der Waals surface area contributed by atoms with Gasteiger partial charge >= 0.3 is 20.2 Å². The minimum absolute atomic E-state index is 0.554. The summed E-state index contributed by atoms with van der Waals surface area (Å²) in [6.45, 7) is 5.91. The Kier molecular flexibility index (Phi) is 4.38. The molecule has 0 bridgehead atoms. The molecule has 6 nitrogen and oxygen atoms in total. The summed E-state index contributed by atoms with van der Waals surface area (Å²) < 4.78 is 50.4. The largest absolute Gasteiger partial charge is 0.384 e. The van der Waals surface area contributed by atoms with E-state index in [-0.39, 0.29) is 0 Å². The fourth-order valence-corrected chi connectivity index (χ4v) is 0.836. The minimum atomic E-state index is -3.87. The molecule has 0 aromatic carbocycles. The zero-order valence-electron chi connectivity index (χ0n) is 6.99. The van der Waals surface area contributed by atoms with Gasteiger partial charge in [0.2, 0.25) is 0 Å². The molecule has 0 radical (unpaired) electrons. The molecule has 0 saturated heterocycles. The molecule has 80 valence electrons. The standard InChI is InChI=1S/C6H8O6S2/c1-3-13(7,8)11-5-6-12-14(9,10)4-2/h3-6H,1-2H2. The molecule has 14 heavy (non-hydrogen) atoms. The predicted octanol–water partition coefficient (Wildman–Crippen LogP) is 0.437. The van der Waals surface area contributed by atoms with E-state index in [1.807, 2.05) is 0 Å². The summed E-state index contributed by atoms with van der Waals surface area (Å²) in [5.41, 5.74) is 0. The van der Waals surface area contributed by atoms with Gasteiger partial charge in [-0.25, -0.2) is 0 Å². The average Bonchev–Trinajstić information content (AvgIpc) is 2.13. The van der Waals surface area contributed by atoms with Crippen LogP contribution in [0.4, 0.5) is 0 Å². The molecule has 0 N–H and O–H groups in total. The molecule has 0 rings (SSSR count). The first-order valence-electron chi connectivity index (χ1n) is 3.09. The van der Waals surface area contributed by atoms with Gasteiger partial charge in [0.1, 0.15) is 12.5 Å². The van der Waals surface area contributed by atoms with Crippen LogP contribution in [0.5, 0.6) is 0 Å². The number of hydrogen-bond donors (Lipinski definition) is 0. The second-order valence-corrected chi connectivity index (χ2v) is 4.81. The molecule has 0 aromatic heterocycles. The first-order chi connectivity index (χ1) is 6.33. The van der Waals surface area contributed by atoms with Crippen LogP contribution in [0.3, 0.4) is 0 Å². The highest BCUT2D eigenvalue weighted by molar-refractivity contribution is 7.90. The third kappa shape index (κ3) is 5.38. The summed E-state index contributed by atoms with van der Waals surface area (Å²) in [6.07, 6.45) is 1.11. The van der Waals surface area contributed by atoms with Gasteiger partial charge in [-0.15, -0.1) is 0 Å². The lowest BCUT2D eigenvalue weighted by molar-refractivity contribution is 0.411. The Balaban J connectivity index is 4.25. The molecular formula is C6H8O6S2. The molecule has 0 amide bonds. The van der Waals surface area contributed by atoms with Gasteiger partial charge < -0.3 is 8.37 Å². The van der Waals surface area contributed by atoms with Gasteiger partial charge in [-0.3, -0.25) is 0 Å². The van der Waals surface area contributed by atoms with Crippen LogP contribution in [-0.4, -0.2) is 16.8 Å². The van der Waals surface area contributed by atoms with Crippen molar-refractivity contribution in [1.29, 1.82) is 0 Å². The zero-order valence-corrected chi connectivity index (χ0v) is 8.62. The highest BCUT2D eigenvalue weighted by atomic mass is 32.2. The van der Waals surface area contributed by atoms with Gasteiger partial charge in [-0.1, -0.05) is 13.2 Å². The maximum Gasteiger partial charge on any atom is 0.331 e. The van der Waals surface area contributed by atoms with Crippen LogP contribution in [-0.2, 0) is 28.6 Å². The SMILES string of the molecule is C=CS(=O)(=O)OC=COS(=O)(=O)C=C. The van der Waals surface area contributed by atoms with Crippen LogP contribution in [0.25, 0.3) is 0 Å². The van der Waals surface area contributed by atoms with Crippen LogP contribution in [0.2, 0.25) is 0 Å². The van der Waals surface area contributed by atoms with E-state index in [9.17, 15) is 16.8 Å². The molecule has 0 unspecified atom stereocenters. The number of rotatable bonds is 6. The Morgan fingerprint density at radius 2 is 1.07 bits per heavy atom. The van der Waals surface area contributed by atoms with Crippen molar-refractivity contribution in [2.45, 2.75) is 0 Å². The highest BCUT2D eigenvalue weighted by Crippen LogP contribution is 1.98. The molecule has 0 fully saturated rings. The van der Waals surface area contributed by atoms with Crippen molar-refractivity contribution < 1.29 is 25.2 Å². The van der Waals surface area contributed by atoms with Crippen LogP contribution >= 0.6 is 0 Å². The molecule has 0 aromatic rings. The normalized spacial score (nSPS) is 12.3. The van der Waals surface area contributed by atoms with Crippen LogP contribution in [0, 0.1) is 0 Å². The maximum atomic E-state index is 10.6. The first kappa shape index (κ1) is 12.7. The van der Waals surface area contributed by atoms with Crippen LogP contribution in [0.15, 0.2) is 36.5 Å². The molecule has 8 heteroatoms. The van der Waals surface area contributed by atoms with E-state index < -0.39 is 20.2 Å². The Labute approximate surface area is 82.4 Å². The van der Waals surface area contributed by atoms with Crippen molar-refractivity contribution >= 4 is 20.2 Å². The lowest BCUT2D eigenvalue weighted by atomic mass is 11.1. The van der Waals surface area contributed by atoms with E-state index in [1.165, 1.54) is 0 Å². The van der Waals surface area contributed by atoms with Crippen molar-refractivity contribution in [2.75, 3.05) is 0 Å².